The number of hydrogen-bond acceptors (Lipinski definition) is 4. The first kappa shape index (κ1) is 18.3. The summed E-state index contributed by atoms with van der Waals surface area (Å²) in [4.78, 5) is 23.7. The lowest BCUT2D eigenvalue weighted by Crippen LogP contribution is -2.23. The molecule has 2 amide bonds. The second kappa shape index (κ2) is 7.27. The largest absolute Gasteiger partial charge is 0.416 e. The number of amides is 2. The summed E-state index contributed by atoms with van der Waals surface area (Å²) in [6.45, 7) is 1.57. The Labute approximate surface area is 144 Å². The Balaban J connectivity index is 2.07. The third-order valence-electron chi connectivity index (χ3n) is 3.01. The number of nitrogens with one attached hydrogen (secondary N) is 1. The van der Waals surface area contributed by atoms with Crippen LogP contribution >= 0.6 is 23.1 Å². The molecule has 9 heteroatoms. The molecule has 24 heavy (non-hydrogen) atoms. The van der Waals surface area contributed by atoms with Crippen LogP contribution in [0.3, 0.4) is 0 Å². The van der Waals surface area contributed by atoms with Gasteiger partial charge in [0.1, 0.15) is 5.00 Å². The molecule has 0 bridgehead atoms. The number of carbonyl (C=O) groups is 2. The molecule has 1 aromatic heterocycles. The summed E-state index contributed by atoms with van der Waals surface area (Å²) >= 11 is 2.14. The van der Waals surface area contributed by atoms with Crippen LogP contribution in [0.5, 0.6) is 0 Å². The molecule has 1 heterocycles. The Bertz CT molecular complexity index is 759. The van der Waals surface area contributed by atoms with Gasteiger partial charge in [0.15, 0.2) is 0 Å². The van der Waals surface area contributed by atoms with E-state index in [0.29, 0.717) is 9.90 Å². The number of thiophene rings is 1. The molecule has 3 N–H and O–H groups in total. The Morgan fingerprint density at radius 2 is 2.00 bits per heavy atom. The molecule has 0 aliphatic rings. The van der Waals surface area contributed by atoms with E-state index < -0.39 is 28.8 Å². The average molecular weight is 374 g/mol. The molecule has 0 saturated carbocycles. The number of hydrogen-bond donors (Lipinski definition) is 2. The van der Waals surface area contributed by atoms with Crippen molar-refractivity contribution < 1.29 is 22.8 Å². The van der Waals surface area contributed by atoms with Gasteiger partial charge in [0.05, 0.1) is 16.4 Å². The molecule has 1 aromatic carbocycles. The van der Waals surface area contributed by atoms with Crippen LogP contribution in [-0.2, 0) is 11.0 Å². The molecule has 0 aliphatic carbocycles. The second-order valence-electron chi connectivity index (χ2n) is 4.80. The molecule has 2 rings (SSSR count). The first-order chi connectivity index (χ1) is 11.2. The van der Waals surface area contributed by atoms with E-state index >= 15 is 0 Å². The van der Waals surface area contributed by atoms with Gasteiger partial charge in [0.25, 0.3) is 5.91 Å². The fourth-order valence-corrected chi connectivity index (χ4v) is 3.54. The van der Waals surface area contributed by atoms with Gasteiger partial charge in [-0.3, -0.25) is 9.59 Å². The van der Waals surface area contributed by atoms with Crippen LogP contribution in [0, 0.1) is 0 Å². The lowest BCUT2D eigenvalue weighted by atomic mass is 10.2. The van der Waals surface area contributed by atoms with E-state index in [-0.39, 0.29) is 5.56 Å². The van der Waals surface area contributed by atoms with E-state index in [4.69, 9.17) is 5.73 Å². The van der Waals surface area contributed by atoms with Crippen molar-refractivity contribution in [2.75, 3.05) is 5.32 Å². The molecule has 128 valence electrons. The Hall–Kier alpha value is -2.00. The number of halogens is 3. The van der Waals surface area contributed by atoms with Crippen molar-refractivity contribution >= 4 is 39.9 Å². The summed E-state index contributed by atoms with van der Waals surface area (Å²) in [5.74, 6) is -1.09. The van der Waals surface area contributed by atoms with Crippen LogP contribution in [0.25, 0.3) is 0 Å². The van der Waals surface area contributed by atoms with Crippen molar-refractivity contribution in [3.05, 3.63) is 46.8 Å². The minimum absolute atomic E-state index is 0.199. The number of primary amides is 1. The predicted octanol–water partition coefficient (Wildman–Crippen LogP) is 3.99. The summed E-state index contributed by atoms with van der Waals surface area (Å²) in [5, 5.41) is 3.85. The number of carbonyl (C=O) groups excluding carboxylic acids is 2. The van der Waals surface area contributed by atoms with E-state index in [1.165, 1.54) is 18.2 Å². The Kier molecular flexibility index (Phi) is 5.55. The highest BCUT2D eigenvalue weighted by Gasteiger charge is 2.30. The normalized spacial score (nSPS) is 12.7. The van der Waals surface area contributed by atoms with E-state index in [0.717, 1.165) is 35.2 Å². The maximum absolute atomic E-state index is 12.7. The summed E-state index contributed by atoms with van der Waals surface area (Å²) in [5.41, 5.74) is 4.63. The number of thioether (sulfide) groups is 1. The molecule has 0 unspecified atom stereocenters. The highest BCUT2D eigenvalue weighted by molar-refractivity contribution is 8.00. The molecule has 0 spiro atoms. The first-order valence-electron chi connectivity index (χ1n) is 6.70. The van der Waals surface area contributed by atoms with E-state index in [1.807, 2.05) is 0 Å². The zero-order valence-corrected chi connectivity index (χ0v) is 14.0. The maximum Gasteiger partial charge on any atom is 0.416 e. The fourth-order valence-electron chi connectivity index (χ4n) is 1.82. The fraction of sp³-hybridized carbons (Fsp3) is 0.200. The third kappa shape index (κ3) is 4.51. The zero-order valence-electron chi connectivity index (χ0n) is 12.4. The molecule has 0 radical (unpaired) electrons. The van der Waals surface area contributed by atoms with Gasteiger partial charge in [-0.1, -0.05) is 6.07 Å². The summed E-state index contributed by atoms with van der Waals surface area (Å²) < 4.78 is 38.1. The number of anilines is 1. The highest BCUT2D eigenvalue weighted by atomic mass is 32.2. The SMILES string of the molecule is C[C@H](Sc1cccc(C(F)(F)F)c1)C(=O)Nc1sccc1C(N)=O. The minimum Gasteiger partial charge on any atom is -0.366 e. The summed E-state index contributed by atoms with van der Waals surface area (Å²) in [7, 11) is 0. The minimum atomic E-state index is -4.44. The summed E-state index contributed by atoms with van der Waals surface area (Å²) in [6.07, 6.45) is -4.44. The van der Waals surface area contributed by atoms with Gasteiger partial charge >= 0.3 is 6.18 Å². The van der Waals surface area contributed by atoms with Gasteiger partial charge in [-0.05, 0) is 36.6 Å². The van der Waals surface area contributed by atoms with Gasteiger partial charge in [-0.15, -0.1) is 23.1 Å². The van der Waals surface area contributed by atoms with Gasteiger partial charge in [0, 0.05) is 4.90 Å². The van der Waals surface area contributed by atoms with Crippen LogP contribution in [0.15, 0.2) is 40.6 Å². The van der Waals surface area contributed by atoms with Gasteiger partial charge in [-0.2, -0.15) is 13.2 Å². The van der Waals surface area contributed by atoms with Gasteiger partial charge in [-0.25, -0.2) is 0 Å². The van der Waals surface area contributed by atoms with E-state index in [9.17, 15) is 22.8 Å². The first-order valence-corrected chi connectivity index (χ1v) is 8.46. The van der Waals surface area contributed by atoms with Crippen LogP contribution in [0.1, 0.15) is 22.8 Å². The van der Waals surface area contributed by atoms with Crippen molar-refractivity contribution in [2.24, 2.45) is 5.73 Å². The highest BCUT2D eigenvalue weighted by Crippen LogP contribution is 2.33. The topological polar surface area (TPSA) is 72.2 Å². The quantitative estimate of drug-likeness (QED) is 0.778. The molecule has 4 nitrogen and oxygen atoms in total. The van der Waals surface area contributed by atoms with E-state index in [1.54, 1.807) is 12.3 Å². The molecule has 0 fully saturated rings. The van der Waals surface area contributed by atoms with Crippen LogP contribution in [0.2, 0.25) is 0 Å². The summed E-state index contributed by atoms with van der Waals surface area (Å²) in [6, 6.07) is 6.26. The van der Waals surface area contributed by atoms with Gasteiger partial charge in [0.2, 0.25) is 5.91 Å². The molecule has 0 aliphatic heterocycles. The van der Waals surface area contributed by atoms with Crippen molar-refractivity contribution in [3.8, 4) is 0 Å². The number of rotatable bonds is 5. The monoisotopic (exact) mass is 374 g/mol. The predicted molar refractivity (Wildman–Crippen MR) is 88.2 cm³/mol. The van der Waals surface area contributed by atoms with Crippen molar-refractivity contribution in [1.29, 1.82) is 0 Å². The van der Waals surface area contributed by atoms with Gasteiger partial charge < -0.3 is 11.1 Å². The lowest BCUT2D eigenvalue weighted by Gasteiger charge is -2.13. The molecular formula is C15H13F3N2O2S2. The van der Waals surface area contributed by atoms with Crippen molar-refractivity contribution in [1.82, 2.24) is 0 Å². The van der Waals surface area contributed by atoms with Crippen molar-refractivity contribution in [2.45, 2.75) is 23.2 Å². The Morgan fingerprint density at radius 3 is 2.62 bits per heavy atom. The standard InChI is InChI=1S/C15H13F3N2O2S2/c1-8(13(22)20-14-11(12(19)21)5-6-23-14)24-10-4-2-3-9(7-10)15(16,17)18/h2-8H,1H3,(H2,19,21)(H,20,22)/t8-/m0/s1. The van der Waals surface area contributed by atoms with Crippen LogP contribution in [-0.4, -0.2) is 17.1 Å². The Morgan fingerprint density at radius 1 is 1.29 bits per heavy atom. The molecule has 0 saturated heterocycles. The average Bonchev–Trinajstić information content (AvgIpc) is 2.95. The second-order valence-corrected chi connectivity index (χ2v) is 7.13. The zero-order chi connectivity index (χ0) is 17.9. The number of nitrogens with two attached hydrogens (primary N) is 1. The maximum atomic E-state index is 12.7. The molecule has 2 aromatic rings. The van der Waals surface area contributed by atoms with Crippen LogP contribution < -0.4 is 11.1 Å². The molecular weight excluding hydrogens is 361 g/mol. The van der Waals surface area contributed by atoms with Crippen LogP contribution in [0.4, 0.5) is 18.2 Å². The number of benzene rings is 1. The van der Waals surface area contributed by atoms with Crippen molar-refractivity contribution in [3.63, 3.8) is 0 Å². The smallest absolute Gasteiger partial charge is 0.366 e. The molecule has 1 atom stereocenters. The lowest BCUT2D eigenvalue weighted by molar-refractivity contribution is -0.137. The third-order valence-corrected chi connectivity index (χ3v) is 4.93. The van der Waals surface area contributed by atoms with E-state index in [2.05, 4.69) is 5.32 Å². The number of alkyl halides is 3.